The molecule has 118 valence electrons. The van der Waals surface area contributed by atoms with Gasteiger partial charge in [0.1, 0.15) is 5.69 Å². The molecule has 1 aromatic carbocycles. The third kappa shape index (κ3) is 2.93. The predicted octanol–water partition coefficient (Wildman–Crippen LogP) is 3.60. The topological polar surface area (TPSA) is 29.0 Å². The van der Waals surface area contributed by atoms with Crippen molar-refractivity contribution in [1.29, 1.82) is 0 Å². The largest absolute Gasteiger partial charge is 0.367 e. The van der Waals surface area contributed by atoms with Crippen molar-refractivity contribution in [2.75, 3.05) is 18.0 Å². The van der Waals surface area contributed by atoms with Crippen molar-refractivity contribution in [3.05, 3.63) is 66.6 Å². The molecule has 3 aromatic rings. The van der Waals surface area contributed by atoms with E-state index in [1.807, 2.05) is 47.4 Å². The Kier molecular flexibility index (Phi) is 3.62. The van der Waals surface area contributed by atoms with Gasteiger partial charge < -0.3 is 4.90 Å². The number of aromatic nitrogens is 2. The summed E-state index contributed by atoms with van der Waals surface area (Å²) in [4.78, 5) is 10.5. The molecule has 0 N–H and O–H groups in total. The lowest BCUT2D eigenvalue weighted by Gasteiger charge is -2.19. The minimum Gasteiger partial charge on any atom is -0.367 e. The van der Waals surface area contributed by atoms with E-state index >= 15 is 0 Å². The number of hydrogen-bond acceptors (Lipinski definition) is 3. The molecular weight excluding hydrogens is 301 g/mol. The quantitative estimate of drug-likeness (QED) is 0.642. The summed E-state index contributed by atoms with van der Waals surface area (Å²) in [6.07, 6.45) is 3.83. The van der Waals surface area contributed by atoms with Gasteiger partial charge in [0, 0.05) is 36.4 Å². The molecule has 2 aromatic heterocycles. The molecule has 0 saturated carbocycles. The summed E-state index contributed by atoms with van der Waals surface area (Å²) < 4.78 is 15.0. The fourth-order valence-electron chi connectivity index (χ4n) is 2.96. The summed E-state index contributed by atoms with van der Waals surface area (Å²) in [6.45, 7) is 0.914. The number of pyridine rings is 2. The highest BCUT2D eigenvalue weighted by atomic mass is 19.1. The molecule has 1 fully saturated rings. The van der Waals surface area contributed by atoms with Crippen LogP contribution in [0.1, 0.15) is 12.1 Å². The van der Waals surface area contributed by atoms with Crippen LogP contribution in [0.3, 0.4) is 0 Å². The van der Waals surface area contributed by atoms with E-state index in [4.69, 9.17) is 0 Å². The second-order valence-electron chi connectivity index (χ2n) is 5.98. The fourth-order valence-corrected chi connectivity index (χ4v) is 2.96. The summed E-state index contributed by atoms with van der Waals surface area (Å²) >= 11 is 0. The van der Waals surface area contributed by atoms with E-state index in [1.54, 1.807) is 18.5 Å². The van der Waals surface area contributed by atoms with Gasteiger partial charge in [-0.05, 0) is 36.3 Å². The van der Waals surface area contributed by atoms with E-state index in [2.05, 4.69) is 21.8 Å². The van der Waals surface area contributed by atoms with Crippen LogP contribution in [0.4, 0.5) is 10.1 Å². The van der Waals surface area contributed by atoms with Gasteiger partial charge in [-0.1, -0.05) is 24.1 Å². The van der Waals surface area contributed by atoms with Gasteiger partial charge in [0.25, 0.3) is 0 Å². The molecule has 0 aliphatic carbocycles. The summed E-state index contributed by atoms with van der Waals surface area (Å²) in [6, 6.07) is 15.4. The molecule has 0 radical (unpaired) electrons. The molecule has 4 heteroatoms. The number of hydrogen-bond donors (Lipinski definition) is 0. The predicted molar refractivity (Wildman–Crippen MR) is 93.5 cm³/mol. The van der Waals surface area contributed by atoms with Crippen LogP contribution in [-0.4, -0.2) is 28.7 Å². The van der Waals surface area contributed by atoms with Crippen LogP contribution in [0.15, 0.2) is 60.9 Å². The SMILES string of the molecule is FC1(C#Cc2ccccn2)CCN(c2ccc3cccnc3c2)C1. The van der Waals surface area contributed by atoms with E-state index in [0.29, 0.717) is 18.7 Å². The highest BCUT2D eigenvalue weighted by molar-refractivity contribution is 5.82. The smallest absolute Gasteiger partial charge is 0.190 e. The molecular formula is C20H16FN3. The van der Waals surface area contributed by atoms with Crippen LogP contribution in [-0.2, 0) is 0 Å². The van der Waals surface area contributed by atoms with E-state index in [9.17, 15) is 4.39 Å². The Balaban J connectivity index is 1.56. The Bertz CT molecular complexity index is 930. The van der Waals surface area contributed by atoms with Crippen LogP contribution in [0.2, 0.25) is 0 Å². The second kappa shape index (κ2) is 5.93. The number of halogens is 1. The summed E-state index contributed by atoms with van der Waals surface area (Å²) in [7, 11) is 0. The highest BCUT2D eigenvalue weighted by Gasteiger charge is 2.37. The third-order valence-electron chi connectivity index (χ3n) is 4.25. The van der Waals surface area contributed by atoms with Crippen molar-refractivity contribution >= 4 is 16.6 Å². The van der Waals surface area contributed by atoms with Crippen LogP contribution >= 0.6 is 0 Å². The standard InChI is InChI=1S/C20H16FN3/c21-20(9-8-17-5-1-2-11-22-17)10-13-24(15-20)18-7-6-16-4-3-12-23-19(16)14-18/h1-7,11-12,14H,10,13,15H2. The van der Waals surface area contributed by atoms with Gasteiger partial charge in [0.15, 0.2) is 5.67 Å². The molecule has 1 saturated heterocycles. The number of nitrogens with zero attached hydrogens (tertiary/aromatic N) is 3. The van der Waals surface area contributed by atoms with E-state index in [-0.39, 0.29) is 6.54 Å². The zero-order valence-corrected chi connectivity index (χ0v) is 13.1. The number of benzene rings is 1. The Labute approximate surface area is 140 Å². The van der Waals surface area contributed by atoms with Gasteiger partial charge in [-0.3, -0.25) is 4.98 Å². The molecule has 24 heavy (non-hydrogen) atoms. The summed E-state index contributed by atoms with van der Waals surface area (Å²) in [5, 5.41) is 1.09. The molecule has 3 nitrogen and oxygen atoms in total. The maximum atomic E-state index is 15.0. The normalized spacial score (nSPS) is 20.0. The first-order valence-corrected chi connectivity index (χ1v) is 7.95. The van der Waals surface area contributed by atoms with Crippen molar-refractivity contribution in [2.45, 2.75) is 12.1 Å². The van der Waals surface area contributed by atoms with E-state index < -0.39 is 5.67 Å². The fraction of sp³-hybridized carbons (Fsp3) is 0.200. The molecule has 0 amide bonds. The maximum absolute atomic E-state index is 15.0. The van der Waals surface area contributed by atoms with Crippen molar-refractivity contribution in [3.8, 4) is 11.8 Å². The van der Waals surface area contributed by atoms with Crippen LogP contribution in [0.25, 0.3) is 10.9 Å². The van der Waals surface area contributed by atoms with Crippen molar-refractivity contribution < 1.29 is 4.39 Å². The Morgan fingerprint density at radius 3 is 2.83 bits per heavy atom. The lowest BCUT2D eigenvalue weighted by atomic mass is 10.1. The van der Waals surface area contributed by atoms with Gasteiger partial charge in [0.2, 0.25) is 0 Å². The number of fused-ring (bicyclic) bond motifs is 1. The Hall–Kier alpha value is -2.93. The van der Waals surface area contributed by atoms with Crippen molar-refractivity contribution in [3.63, 3.8) is 0 Å². The highest BCUT2D eigenvalue weighted by Crippen LogP contribution is 2.30. The molecule has 3 heterocycles. The van der Waals surface area contributed by atoms with E-state index in [1.165, 1.54) is 0 Å². The third-order valence-corrected chi connectivity index (χ3v) is 4.25. The minimum atomic E-state index is -1.50. The lowest BCUT2D eigenvalue weighted by molar-refractivity contribution is 0.274. The molecule has 1 unspecified atom stereocenters. The van der Waals surface area contributed by atoms with Gasteiger partial charge >= 0.3 is 0 Å². The van der Waals surface area contributed by atoms with Crippen LogP contribution in [0, 0.1) is 11.8 Å². The second-order valence-corrected chi connectivity index (χ2v) is 5.98. The molecule has 0 bridgehead atoms. The first-order valence-electron chi connectivity index (χ1n) is 7.95. The van der Waals surface area contributed by atoms with Gasteiger partial charge in [0.05, 0.1) is 12.1 Å². The van der Waals surface area contributed by atoms with Crippen LogP contribution in [0.5, 0.6) is 0 Å². The summed E-state index contributed by atoms with van der Waals surface area (Å²) in [5.41, 5.74) is 1.01. The Morgan fingerprint density at radius 2 is 1.96 bits per heavy atom. The number of anilines is 1. The minimum absolute atomic E-state index is 0.269. The first kappa shape index (κ1) is 14.6. The van der Waals surface area contributed by atoms with Crippen molar-refractivity contribution in [1.82, 2.24) is 9.97 Å². The van der Waals surface area contributed by atoms with Gasteiger partial charge in [-0.2, -0.15) is 0 Å². The molecule has 1 atom stereocenters. The zero-order chi connectivity index (χ0) is 16.4. The molecule has 1 aliphatic heterocycles. The van der Waals surface area contributed by atoms with Crippen molar-refractivity contribution in [2.24, 2.45) is 0 Å². The Morgan fingerprint density at radius 1 is 1.04 bits per heavy atom. The van der Waals surface area contributed by atoms with Gasteiger partial charge in [-0.25, -0.2) is 9.37 Å². The average molecular weight is 317 g/mol. The maximum Gasteiger partial charge on any atom is 0.190 e. The number of alkyl halides is 1. The van der Waals surface area contributed by atoms with Crippen LogP contribution < -0.4 is 4.90 Å². The number of rotatable bonds is 1. The van der Waals surface area contributed by atoms with Gasteiger partial charge in [-0.15, -0.1) is 0 Å². The monoisotopic (exact) mass is 317 g/mol. The molecule has 1 aliphatic rings. The zero-order valence-electron chi connectivity index (χ0n) is 13.1. The average Bonchev–Trinajstić information content (AvgIpc) is 3.03. The van der Waals surface area contributed by atoms with E-state index in [0.717, 1.165) is 16.6 Å². The molecule has 0 spiro atoms. The summed E-state index contributed by atoms with van der Waals surface area (Å²) in [5.74, 6) is 5.63. The first-order chi connectivity index (χ1) is 11.7. The molecule has 4 rings (SSSR count). The lowest BCUT2D eigenvalue weighted by Crippen LogP contribution is -2.27.